The first-order valence-corrected chi connectivity index (χ1v) is 8.02. The number of amides is 1. The molecule has 25 heavy (non-hydrogen) atoms. The van der Waals surface area contributed by atoms with Gasteiger partial charge in [0.05, 0.1) is 11.2 Å². The molecule has 1 N–H and O–H groups in total. The number of para-hydroxylation sites is 1. The fraction of sp³-hybridized carbons (Fsp3) is 0.222. The average molecular weight is 361 g/mol. The number of fused-ring (bicyclic) bond motifs is 1. The Morgan fingerprint density at radius 1 is 1.28 bits per heavy atom. The topological polar surface area (TPSA) is 69.2 Å². The highest BCUT2D eigenvalue weighted by Crippen LogP contribution is 2.36. The number of hydrogen-bond donors (Lipinski definition) is 1. The monoisotopic (exact) mass is 360 g/mol. The predicted octanol–water partition coefficient (Wildman–Crippen LogP) is 3.21. The van der Waals surface area contributed by atoms with E-state index in [0.717, 1.165) is 11.1 Å². The summed E-state index contributed by atoms with van der Waals surface area (Å²) in [5, 5.41) is 4.35. The molecule has 0 aromatic heterocycles. The summed E-state index contributed by atoms with van der Waals surface area (Å²) >= 11 is 6.14. The molecule has 2 aromatic rings. The van der Waals surface area contributed by atoms with Crippen LogP contribution in [0.1, 0.15) is 16.7 Å². The molecule has 0 aliphatic carbocycles. The Hall–Kier alpha value is -2.73. The summed E-state index contributed by atoms with van der Waals surface area (Å²) in [6, 6.07) is 9.15. The molecule has 0 spiro atoms. The highest BCUT2D eigenvalue weighted by molar-refractivity contribution is 6.33. The third-order valence-corrected chi connectivity index (χ3v) is 3.97. The molecule has 0 radical (unpaired) electrons. The minimum atomic E-state index is -0.365. The maximum Gasteiger partial charge on any atom is 0.277 e. The molecular weight excluding hydrogens is 344 g/mol. The third-order valence-electron chi connectivity index (χ3n) is 3.64. The van der Waals surface area contributed by atoms with E-state index in [2.05, 4.69) is 10.5 Å². The van der Waals surface area contributed by atoms with Gasteiger partial charge in [0.1, 0.15) is 5.75 Å². The van der Waals surface area contributed by atoms with E-state index in [1.54, 1.807) is 12.1 Å². The highest BCUT2D eigenvalue weighted by Gasteiger charge is 2.15. The standard InChI is InChI=1S/C18H17ClN2O4/c1-11-4-3-5-12(2)18(11)23-9-17(22)21-20-8-13-6-15-16(7-14(13)19)25-10-24-15/h3-8H,9-10H2,1-2H3,(H,21,22). The molecule has 7 heteroatoms. The second-order valence-corrected chi connectivity index (χ2v) is 5.94. The van der Waals surface area contributed by atoms with Gasteiger partial charge in [-0.3, -0.25) is 4.79 Å². The molecule has 0 fully saturated rings. The summed E-state index contributed by atoms with van der Waals surface area (Å²) in [5.74, 6) is 1.53. The Bertz CT molecular complexity index is 816. The van der Waals surface area contributed by atoms with E-state index < -0.39 is 0 Å². The number of ether oxygens (including phenoxy) is 3. The van der Waals surface area contributed by atoms with Gasteiger partial charge in [-0.1, -0.05) is 29.8 Å². The van der Waals surface area contributed by atoms with E-state index in [9.17, 15) is 4.79 Å². The number of nitrogens with one attached hydrogen (secondary N) is 1. The van der Waals surface area contributed by atoms with E-state index in [-0.39, 0.29) is 19.3 Å². The van der Waals surface area contributed by atoms with Gasteiger partial charge in [-0.25, -0.2) is 5.43 Å². The summed E-state index contributed by atoms with van der Waals surface area (Å²) in [5.41, 5.74) is 4.97. The van der Waals surface area contributed by atoms with Crippen LogP contribution in [0, 0.1) is 13.8 Å². The lowest BCUT2D eigenvalue weighted by Crippen LogP contribution is -2.25. The molecule has 0 unspecified atom stereocenters. The van der Waals surface area contributed by atoms with Gasteiger partial charge >= 0.3 is 0 Å². The molecule has 0 saturated carbocycles. The number of aryl methyl sites for hydroxylation is 2. The fourth-order valence-electron chi connectivity index (χ4n) is 2.40. The summed E-state index contributed by atoms with van der Waals surface area (Å²) in [6.07, 6.45) is 1.45. The lowest BCUT2D eigenvalue weighted by atomic mass is 10.1. The van der Waals surface area contributed by atoms with Crippen molar-refractivity contribution in [3.05, 3.63) is 52.0 Å². The number of carbonyl (C=O) groups excluding carboxylic acids is 1. The number of hydrogen-bond acceptors (Lipinski definition) is 5. The van der Waals surface area contributed by atoms with Gasteiger partial charge in [0, 0.05) is 11.6 Å². The van der Waals surface area contributed by atoms with Gasteiger partial charge in [0.15, 0.2) is 18.1 Å². The van der Waals surface area contributed by atoms with E-state index in [1.165, 1.54) is 6.21 Å². The molecule has 0 saturated heterocycles. The van der Waals surface area contributed by atoms with Crippen molar-refractivity contribution < 1.29 is 19.0 Å². The summed E-state index contributed by atoms with van der Waals surface area (Å²) < 4.78 is 16.1. The van der Waals surface area contributed by atoms with Crippen molar-refractivity contribution in [1.29, 1.82) is 0 Å². The SMILES string of the molecule is Cc1cccc(C)c1OCC(=O)NN=Cc1cc2c(cc1Cl)OCO2. The number of rotatable bonds is 5. The number of nitrogens with zero attached hydrogens (tertiary/aromatic N) is 1. The molecule has 0 bridgehead atoms. The zero-order valence-electron chi connectivity index (χ0n) is 13.8. The van der Waals surface area contributed by atoms with Crippen molar-refractivity contribution in [3.63, 3.8) is 0 Å². The van der Waals surface area contributed by atoms with Crippen molar-refractivity contribution in [3.8, 4) is 17.2 Å². The number of benzene rings is 2. The molecule has 6 nitrogen and oxygen atoms in total. The van der Waals surface area contributed by atoms with Gasteiger partial charge in [0.2, 0.25) is 6.79 Å². The van der Waals surface area contributed by atoms with Crippen LogP contribution in [-0.4, -0.2) is 25.5 Å². The first-order valence-electron chi connectivity index (χ1n) is 7.64. The van der Waals surface area contributed by atoms with Gasteiger partial charge < -0.3 is 14.2 Å². The van der Waals surface area contributed by atoms with Crippen LogP contribution in [0.25, 0.3) is 0 Å². The summed E-state index contributed by atoms with van der Waals surface area (Å²) in [6.45, 7) is 3.90. The molecule has 130 valence electrons. The van der Waals surface area contributed by atoms with Gasteiger partial charge in [-0.2, -0.15) is 5.10 Å². The van der Waals surface area contributed by atoms with E-state index in [0.29, 0.717) is 27.8 Å². The Labute approximate surface area is 150 Å². The first kappa shape index (κ1) is 17.1. The van der Waals surface area contributed by atoms with Crippen molar-refractivity contribution in [2.75, 3.05) is 13.4 Å². The Kier molecular flexibility index (Phi) is 5.09. The quantitative estimate of drug-likeness (QED) is 0.656. The van der Waals surface area contributed by atoms with Crippen LogP contribution in [0.15, 0.2) is 35.4 Å². The maximum absolute atomic E-state index is 11.9. The van der Waals surface area contributed by atoms with Crippen LogP contribution in [-0.2, 0) is 4.79 Å². The molecule has 2 aromatic carbocycles. The maximum atomic E-state index is 11.9. The molecular formula is C18H17ClN2O4. The molecule has 0 atom stereocenters. The summed E-state index contributed by atoms with van der Waals surface area (Å²) in [4.78, 5) is 11.9. The fourth-order valence-corrected chi connectivity index (χ4v) is 2.60. The summed E-state index contributed by atoms with van der Waals surface area (Å²) in [7, 11) is 0. The first-order chi connectivity index (χ1) is 12.0. The number of hydrazone groups is 1. The zero-order valence-corrected chi connectivity index (χ0v) is 14.6. The second-order valence-electron chi connectivity index (χ2n) is 5.53. The van der Waals surface area contributed by atoms with Crippen molar-refractivity contribution in [2.24, 2.45) is 5.10 Å². The normalized spacial score (nSPS) is 12.4. The third kappa shape index (κ3) is 4.03. The van der Waals surface area contributed by atoms with E-state index in [4.69, 9.17) is 25.8 Å². The number of carbonyl (C=O) groups is 1. The van der Waals surface area contributed by atoms with Crippen LogP contribution >= 0.6 is 11.6 Å². The van der Waals surface area contributed by atoms with Crippen molar-refractivity contribution in [2.45, 2.75) is 13.8 Å². The second kappa shape index (κ2) is 7.44. The van der Waals surface area contributed by atoms with Crippen LogP contribution in [0.5, 0.6) is 17.2 Å². The largest absolute Gasteiger partial charge is 0.483 e. The molecule has 1 aliphatic heterocycles. The lowest BCUT2D eigenvalue weighted by molar-refractivity contribution is -0.123. The van der Waals surface area contributed by atoms with E-state index in [1.807, 2.05) is 32.0 Å². The van der Waals surface area contributed by atoms with E-state index >= 15 is 0 Å². The van der Waals surface area contributed by atoms with Crippen LogP contribution < -0.4 is 19.6 Å². The van der Waals surface area contributed by atoms with Crippen LogP contribution in [0.4, 0.5) is 0 Å². The molecule has 1 aliphatic rings. The van der Waals surface area contributed by atoms with Crippen molar-refractivity contribution >= 4 is 23.7 Å². The Balaban J connectivity index is 1.57. The molecule has 1 amide bonds. The average Bonchev–Trinajstić information content (AvgIpc) is 3.01. The minimum Gasteiger partial charge on any atom is -0.483 e. The zero-order chi connectivity index (χ0) is 17.8. The lowest BCUT2D eigenvalue weighted by Gasteiger charge is -2.10. The smallest absolute Gasteiger partial charge is 0.277 e. The van der Waals surface area contributed by atoms with Gasteiger partial charge in [-0.05, 0) is 31.0 Å². The van der Waals surface area contributed by atoms with Gasteiger partial charge in [-0.15, -0.1) is 0 Å². The van der Waals surface area contributed by atoms with Crippen LogP contribution in [0.3, 0.4) is 0 Å². The number of halogens is 1. The Morgan fingerprint density at radius 2 is 1.96 bits per heavy atom. The minimum absolute atomic E-state index is 0.127. The Morgan fingerprint density at radius 3 is 2.68 bits per heavy atom. The van der Waals surface area contributed by atoms with Crippen LogP contribution in [0.2, 0.25) is 5.02 Å². The molecule has 1 heterocycles. The molecule has 3 rings (SSSR count). The predicted molar refractivity (Wildman–Crippen MR) is 94.7 cm³/mol. The highest BCUT2D eigenvalue weighted by atomic mass is 35.5. The van der Waals surface area contributed by atoms with Crippen molar-refractivity contribution in [1.82, 2.24) is 5.43 Å². The van der Waals surface area contributed by atoms with Gasteiger partial charge in [0.25, 0.3) is 5.91 Å².